The van der Waals surface area contributed by atoms with Crippen molar-refractivity contribution in [1.29, 1.82) is 0 Å². The van der Waals surface area contributed by atoms with Gasteiger partial charge in [0.2, 0.25) is 5.76 Å². The normalized spacial score (nSPS) is 12.4. The molecule has 5 aromatic rings. The number of aryl methyl sites for hydroxylation is 1. The van der Waals surface area contributed by atoms with E-state index in [0.717, 1.165) is 9.25 Å². The largest absolute Gasteiger partial charge is 0.416 e. The van der Waals surface area contributed by atoms with Crippen LogP contribution in [0, 0.1) is 0 Å². The summed E-state index contributed by atoms with van der Waals surface area (Å²) in [7, 11) is 0. The number of alkyl halides is 3. The fourth-order valence-electron chi connectivity index (χ4n) is 3.85. The Morgan fingerprint density at radius 3 is 2.62 bits per heavy atom. The average Bonchev–Trinajstić information content (AvgIpc) is 3.70. The van der Waals surface area contributed by atoms with Crippen LogP contribution in [0.2, 0.25) is 5.02 Å². The summed E-state index contributed by atoms with van der Waals surface area (Å²) < 4.78 is 47.3. The second-order valence-corrected chi connectivity index (χ2v) is 9.34. The third kappa shape index (κ3) is 6.08. The summed E-state index contributed by atoms with van der Waals surface area (Å²) in [4.78, 5) is 34.1. The summed E-state index contributed by atoms with van der Waals surface area (Å²) in [6.45, 7) is 0.467. The molecule has 1 aromatic carbocycles. The second kappa shape index (κ2) is 11.6. The fourth-order valence-corrected chi connectivity index (χ4v) is 3.98. The highest BCUT2D eigenvalue weighted by Gasteiger charge is 2.39. The number of aliphatic hydroxyl groups is 1. The van der Waals surface area contributed by atoms with Crippen LogP contribution < -0.4 is 11.0 Å². The predicted octanol–water partition coefficient (Wildman–Crippen LogP) is 3.12. The Labute approximate surface area is 239 Å². The van der Waals surface area contributed by atoms with E-state index in [1.165, 1.54) is 47.5 Å². The molecule has 218 valence electrons. The lowest BCUT2D eigenvalue weighted by molar-refractivity contribution is -0.207. The first kappa shape index (κ1) is 28.7. The van der Waals surface area contributed by atoms with Crippen molar-refractivity contribution < 1.29 is 27.6 Å². The lowest BCUT2D eigenvalue weighted by Gasteiger charge is -2.15. The van der Waals surface area contributed by atoms with Gasteiger partial charge in [-0.2, -0.15) is 13.2 Å². The van der Waals surface area contributed by atoms with Crippen molar-refractivity contribution in [2.24, 2.45) is 0 Å². The van der Waals surface area contributed by atoms with Gasteiger partial charge in [-0.05, 0) is 42.8 Å². The van der Waals surface area contributed by atoms with Crippen LogP contribution in [0.5, 0.6) is 0 Å². The van der Waals surface area contributed by atoms with Crippen LogP contribution in [0.1, 0.15) is 29.0 Å². The van der Waals surface area contributed by atoms with Crippen molar-refractivity contribution >= 4 is 23.3 Å². The molecular formula is C25H21ClF3N9O4. The number of nitrogens with one attached hydrogen (secondary N) is 1. The van der Waals surface area contributed by atoms with Crippen LogP contribution in [0.4, 0.5) is 19.0 Å². The van der Waals surface area contributed by atoms with Crippen molar-refractivity contribution in [2.45, 2.75) is 38.7 Å². The smallest absolute Gasteiger partial charge is 0.382 e. The first-order chi connectivity index (χ1) is 20.0. The molecule has 13 nitrogen and oxygen atoms in total. The summed E-state index contributed by atoms with van der Waals surface area (Å²) in [5.41, 5.74) is 0.309. The topological polar surface area (TPSA) is 159 Å². The summed E-state index contributed by atoms with van der Waals surface area (Å²) in [6, 6.07) is 10.7. The minimum absolute atomic E-state index is 0.00942. The maximum atomic E-state index is 13.1. The monoisotopic (exact) mass is 603 g/mol. The number of amides is 1. The SMILES string of the molecule is CCc1cc(C(=O)Nc2ncccc2-n2cnc(Cn3nc(-c4ccc(Cl)cc4)n(C[C@H](O)C(F)(F)F)c3=O)n2)on1. The third-order valence-corrected chi connectivity index (χ3v) is 6.25. The molecule has 4 aromatic heterocycles. The van der Waals surface area contributed by atoms with Crippen molar-refractivity contribution in [2.75, 3.05) is 5.32 Å². The van der Waals surface area contributed by atoms with Gasteiger partial charge < -0.3 is 14.9 Å². The van der Waals surface area contributed by atoms with Gasteiger partial charge >= 0.3 is 11.9 Å². The number of benzene rings is 1. The van der Waals surface area contributed by atoms with Crippen LogP contribution in [0.25, 0.3) is 17.1 Å². The molecule has 0 aliphatic rings. The number of nitrogens with zero attached hydrogens (tertiary/aromatic N) is 8. The van der Waals surface area contributed by atoms with E-state index in [0.29, 0.717) is 28.4 Å². The number of carbonyl (C=O) groups is 1. The number of anilines is 1. The highest BCUT2D eigenvalue weighted by Crippen LogP contribution is 2.24. The quantitative estimate of drug-likeness (QED) is 0.258. The average molecular weight is 604 g/mol. The van der Waals surface area contributed by atoms with Gasteiger partial charge in [0.15, 0.2) is 23.6 Å². The second-order valence-electron chi connectivity index (χ2n) is 8.91. The van der Waals surface area contributed by atoms with E-state index < -0.39 is 30.4 Å². The van der Waals surface area contributed by atoms with E-state index in [1.54, 1.807) is 12.1 Å². The molecule has 0 saturated heterocycles. The third-order valence-electron chi connectivity index (χ3n) is 6.00. The highest BCUT2D eigenvalue weighted by atomic mass is 35.5. The summed E-state index contributed by atoms with van der Waals surface area (Å²) in [6.07, 6.45) is -4.42. The van der Waals surface area contributed by atoms with Crippen LogP contribution in [0.15, 0.2) is 64.3 Å². The number of pyridine rings is 1. The van der Waals surface area contributed by atoms with Gasteiger partial charge in [0.05, 0.1) is 12.2 Å². The van der Waals surface area contributed by atoms with E-state index >= 15 is 0 Å². The van der Waals surface area contributed by atoms with Gasteiger partial charge in [0, 0.05) is 22.8 Å². The van der Waals surface area contributed by atoms with E-state index in [4.69, 9.17) is 16.1 Å². The number of aliphatic hydroxyl groups excluding tert-OH is 1. The summed E-state index contributed by atoms with van der Waals surface area (Å²) in [5, 5.41) is 25.0. The molecule has 0 radical (unpaired) electrons. The number of halogens is 4. The molecule has 0 saturated carbocycles. The van der Waals surface area contributed by atoms with E-state index in [1.807, 2.05) is 6.92 Å². The molecule has 0 aliphatic carbocycles. The zero-order valence-corrected chi connectivity index (χ0v) is 22.4. The first-order valence-electron chi connectivity index (χ1n) is 12.3. The molecular weight excluding hydrogens is 583 g/mol. The van der Waals surface area contributed by atoms with Gasteiger partial charge in [-0.15, -0.1) is 10.2 Å². The van der Waals surface area contributed by atoms with Gasteiger partial charge in [-0.1, -0.05) is 23.7 Å². The number of carbonyl (C=O) groups excluding carboxylic acids is 1. The molecule has 0 unspecified atom stereocenters. The maximum Gasteiger partial charge on any atom is 0.416 e. The van der Waals surface area contributed by atoms with Gasteiger partial charge in [0.25, 0.3) is 5.91 Å². The summed E-state index contributed by atoms with van der Waals surface area (Å²) >= 11 is 5.92. The molecule has 4 heterocycles. The number of aromatic nitrogens is 8. The Hall–Kier alpha value is -4.83. The Kier molecular flexibility index (Phi) is 7.91. The standard InChI is InChI=1S/C25H21ClF3N9O4/c1-2-16-10-18(42-35-16)23(40)32-21-17(4-3-9-30-21)38-13-31-20(33-38)12-37-24(41)36(11-19(39)25(27,28)29)22(34-37)14-5-7-15(26)8-6-14/h3-10,13,19,39H,2,11-12H2,1H3,(H,30,32,40)/t19-/m0/s1. The minimum atomic E-state index is -4.96. The van der Waals surface area contributed by atoms with Crippen molar-refractivity contribution in [3.05, 3.63) is 87.8 Å². The number of hydrogen-bond acceptors (Lipinski definition) is 9. The van der Waals surface area contributed by atoms with Crippen molar-refractivity contribution in [1.82, 2.24) is 39.3 Å². The van der Waals surface area contributed by atoms with E-state index in [-0.39, 0.29) is 29.8 Å². The molecule has 0 spiro atoms. The van der Waals surface area contributed by atoms with Gasteiger partial charge in [-0.3, -0.25) is 9.36 Å². The van der Waals surface area contributed by atoms with Crippen LogP contribution in [-0.4, -0.2) is 62.5 Å². The molecule has 1 amide bonds. The maximum absolute atomic E-state index is 13.1. The first-order valence-corrected chi connectivity index (χ1v) is 12.7. The molecule has 0 fully saturated rings. The number of hydrogen-bond donors (Lipinski definition) is 2. The fraction of sp³-hybridized carbons (Fsp3) is 0.240. The van der Waals surface area contributed by atoms with Gasteiger partial charge in [0.1, 0.15) is 18.6 Å². The molecule has 2 N–H and O–H groups in total. The minimum Gasteiger partial charge on any atom is -0.382 e. The highest BCUT2D eigenvalue weighted by molar-refractivity contribution is 6.30. The Balaban J connectivity index is 1.43. The lowest BCUT2D eigenvalue weighted by atomic mass is 10.2. The Morgan fingerprint density at radius 1 is 1.17 bits per heavy atom. The Morgan fingerprint density at radius 2 is 1.93 bits per heavy atom. The molecule has 17 heteroatoms. The van der Waals surface area contributed by atoms with Crippen molar-refractivity contribution in [3.63, 3.8) is 0 Å². The zero-order chi connectivity index (χ0) is 30.0. The van der Waals surface area contributed by atoms with E-state index in [9.17, 15) is 27.9 Å². The summed E-state index contributed by atoms with van der Waals surface area (Å²) in [5.74, 6) is -0.513. The van der Waals surface area contributed by atoms with Crippen LogP contribution in [-0.2, 0) is 19.5 Å². The lowest BCUT2D eigenvalue weighted by Crippen LogP contribution is -2.37. The molecule has 0 aliphatic heterocycles. The van der Waals surface area contributed by atoms with E-state index in [2.05, 4.69) is 30.6 Å². The Bertz CT molecular complexity index is 1780. The number of rotatable bonds is 9. The predicted molar refractivity (Wildman–Crippen MR) is 141 cm³/mol. The molecule has 0 bridgehead atoms. The molecule has 1 atom stereocenters. The zero-order valence-electron chi connectivity index (χ0n) is 21.7. The van der Waals surface area contributed by atoms with Crippen LogP contribution >= 0.6 is 11.6 Å². The molecule has 42 heavy (non-hydrogen) atoms. The van der Waals surface area contributed by atoms with Gasteiger partial charge in [-0.25, -0.2) is 24.1 Å². The molecule has 5 rings (SSSR count). The van der Waals surface area contributed by atoms with Crippen LogP contribution in [0.3, 0.4) is 0 Å². The van der Waals surface area contributed by atoms with Crippen molar-refractivity contribution in [3.8, 4) is 17.1 Å².